The Bertz CT molecular complexity index is 740. The molecule has 0 atom stereocenters. The quantitative estimate of drug-likeness (QED) is 0.911. The monoisotopic (exact) mass is 333 g/mol. The van der Waals surface area contributed by atoms with Crippen molar-refractivity contribution in [3.63, 3.8) is 0 Å². The molecule has 1 saturated heterocycles. The summed E-state index contributed by atoms with van der Waals surface area (Å²) in [6, 6.07) is 8.17. The van der Waals surface area contributed by atoms with E-state index in [4.69, 9.17) is 9.15 Å². The number of hydrogen-bond donors (Lipinski definition) is 1. The summed E-state index contributed by atoms with van der Waals surface area (Å²) in [5, 5.41) is 9.31. The van der Waals surface area contributed by atoms with Gasteiger partial charge in [-0.05, 0) is 18.9 Å². The highest BCUT2D eigenvalue weighted by atomic mass is 19.1. The van der Waals surface area contributed by atoms with Crippen molar-refractivity contribution >= 4 is 0 Å². The van der Waals surface area contributed by atoms with E-state index in [1.807, 2.05) is 0 Å². The maximum Gasteiger partial charge on any atom is 0.226 e. The summed E-state index contributed by atoms with van der Waals surface area (Å²) in [5.74, 6) is -0.215. The first kappa shape index (κ1) is 16.7. The first-order chi connectivity index (χ1) is 11.6. The summed E-state index contributed by atoms with van der Waals surface area (Å²) in [5.41, 5.74) is 0.124. The molecule has 0 amide bonds. The molecule has 2 heterocycles. The highest BCUT2D eigenvalue weighted by Crippen LogP contribution is 2.21. The second kappa shape index (κ2) is 7.59. The van der Waals surface area contributed by atoms with Crippen LogP contribution in [0.2, 0.25) is 0 Å². The summed E-state index contributed by atoms with van der Waals surface area (Å²) in [6.07, 6.45) is 2.73. The lowest BCUT2D eigenvalue weighted by Crippen LogP contribution is -2.38. The average molecular weight is 333 g/mol. The van der Waals surface area contributed by atoms with Crippen LogP contribution in [-0.4, -0.2) is 29.3 Å². The van der Waals surface area contributed by atoms with Gasteiger partial charge in [0, 0.05) is 37.4 Å². The molecule has 1 aliphatic rings. The van der Waals surface area contributed by atoms with Crippen LogP contribution < -0.4 is 5.43 Å². The largest absolute Gasteiger partial charge is 0.502 e. The van der Waals surface area contributed by atoms with Crippen molar-refractivity contribution in [2.24, 2.45) is 0 Å². The molecule has 0 spiro atoms. The minimum Gasteiger partial charge on any atom is -0.502 e. The third-order valence-electron chi connectivity index (χ3n) is 4.26. The summed E-state index contributed by atoms with van der Waals surface area (Å²) >= 11 is 0. The minimum absolute atomic E-state index is 0.220. The number of hydrogen-bond acceptors (Lipinski definition) is 5. The van der Waals surface area contributed by atoms with Crippen molar-refractivity contribution in [2.75, 3.05) is 13.2 Å². The average Bonchev–Trinajstić information content (AvgIpc) is 2.60. The lowest BCUT2D eigenvalue weighted by molar-refractivity contribution is 0.0247. The maximum atomic E-state index is 14.0. The summed E-state index contributed by atoms with van der Waals surface area (Å²) in [6.45, 7) is 2.12. The molecule has 0 unspecified atom stereocenters. The van der Waals surface area contributed by atoms with Crippen LogP contribution in [0.15, 0.2) is 45.8 Å². The topological polar surface area (TPSA) is 62.9 Å². The third kappa shape index (κ3) is 4.01. The van der Waals surface area contributed by atoms with Gasteiger partial charge >= 0.3 is 0 Å². The zero-order valence-corrected chi connectivity index (χ0v) is 13.3. The second-order valence-electron chi connectivity index (χ2n) is 5.94. The lowest BCUT2D eigenvalue weighted by atomic mass is 10.1. The van der Waals surface area contributed by atoms with E-state index in [0.717, 1.165) is 19.1 Å². The fourth-order valence-corrected chi connectivity index (χ4v) is 2.94. The molecule has 5 nitrogen and oxygen atoms in total. The molecule has 1 aromatic carbocycles. The minimum atomic E-state index is -0.478. The number of ether oxygens (including phenoxy) is 1. The van der Waals surface area contributed by atoms with Gasteiger partial charge in [-0.3, -0.25) is 9.69 Å². The summed E-state index contributed by atoms with van der Waals surface area (Å²) < 4.78 is 24.7. The first-order valence-corrected chi connectivity index (χ1v) is 7.99. The van der Waals surface area contributed by atoms with E-state index in [1.165, 1.54) is 12.1 Å². The van der Waals surface area contributed by atoms with Crippen LogP contribution in [0.3, 0.4) is 0 Å². The molecule has 1 aromatic heterocycles. The molecule has 1 fully saturated rings. The fraction of sp³-hybridized carbons (Fsp3) is 0.389. The van der Waals surface area contributed by atoms with Crippen LogP contribution in [-0.2, 0) is 17.8 Å². The van der Waals surface area contributed by atoms with Gasteiger partial charge in [-0.1, -0.05) is 18.2 Å². The van der Waals surface area contributed by atoms with Crippen molar-refractivity contribution in [1.82, 2.24) is 4.90 Å². The van der Waals surface area contributed by atoms with Crippen molar-refractivity contribution in [3.05, 3.63) is 64.0 Å². The molecule has 0 aliphatic carbocycles. The Kier molecular flexibility index (Phi) is 5.27. The molecule has 6 heteroatoms. The highest BCUT2D eigenvalue weighted by Gasteiger charge is 2.23. The molecular formula is C18H20FNO4. The smallest absolute Gasteiger partial charge is 0.226 e. The predicted molar refractivity (Wildman–Crippen MR) is 86.1 cm³/mol. The van der Waals surface area contributed by atoms with E-state index in [0.29, 0.717) is 37.6 Å². The Morgan fingerprint density at radius 1 is 1.21 bits per heavy atom. The third-order valence-corrected chi connectivity index (χ3v) is 4.26. The fourth-order valence-electron chi connectivity index (χ4n) is 2.94. The van der Waals surface area contributed by atoms with Gasteiger partial charge in [0.2, 0.25) is 5.43 Å². The van der Waals surface area contributed by atoms with Gasteiger partial charge in [0.25, 0.3) is 0 Å². The zero-order chi connectivity index (χ0) is 16.9. The van der Waals surface area contributed by atoms with E-state index in [9.17, 15) is 14.3 Å². The Hall–Kier alpha value is -2.18. The molecule has 1 aliphatic heterocycles. The van der Waals surface area contributed by atoms with Crippen LogP contribution in [0.4, 0.5) is 4.39 Å². The van der Waals surface area contributed by atoms with Gasteiger partial charge in [-0.2, -0.15) is 0 Å². The molecule has 2 aromatic rings. The van der Waals surface area contributed by atoms with E-state index in [1.54, 1.807) is 18.2 Å². The normalized spacial score (nSPS) is 15.8. The Labute approximate surface area is 139 Å². The number of halogens is 1. The second-order valence-corrected chi connectivity index (χ2v) is 5.94. The Morgan fingerprint density at radius 2 is 1.96 bits per heavy atom. The SMILES string of the molecule is O=c1cc(CN(Cc2ccccc2F)C2CCOCC2)occ1O. The van der Waals surface area contributed by atoms with Crippen LogP contribution in [0.25, 0.3) is 0 Å². The zero-order valence-electron chi connectivity index (χ0n) is 13.3. The van der Waals surface area contributed by atoms with Gasteiger partial charge in [0.15, 0.2) is 5.75 Å². The van der Waals surface area contributed by atoms with Crippen molar-refractivity contribution < 1.29 is 18.7 Å². The summed E-state index contributed by atoms with van der Waals surface area (Å²) in [7, 11) is 0. The van der Waals surface area contributed by atoms with E-state index in [-0.39, 0.29) is 11.9 Å². The van der Waals surface area contributed by atoms with Crippen molar-refractivity contribution in [3.8, 4) is 5.75 Å². The maximum absolute atomic E-state index is 14.0. The van der Waals surface area contributed by atoms with Gasteiger partial charge in [-0.25, -0.2) is 4.39 Å². The highest BCUT2D eigenvalue weighted by molar-refractivity contribution is 5.18. The molecule has 128 valence electrons. The molecule has 0 bridgehead atoms. The van der Waals surface area contributed by atoms with Crippen LogP contribution >= 0.6 is 0 Å². The molecule has 3 rings (SSSR count). The van der Waals surface area contributed by atoms with Gasteiger partial charge in [-0.15, -0.1) is 0 Å². The molecule has 24 heavy (non-hydrogen) atoms. The number of nitrogens with zero attached hydrogens (tertiary/aromatic N) is 1. The van der Waals surface area contributed by atoms with E-state index in [2.05, 4.69) is 4.90 Å². The molecule has 0 radical (unpaired) electrons. The number of aromatic hydroxyl groups is 1. The van der Waals surface area contributed by atoms with E-state index >= 15 is 0 Å². The Balaban J connectivity index is 1.82. The van der Waals surface area contributed by atoms with Gasteiger partial charge < -0.3 is 14.3 Å². The van der Waals surface area contributed by atoms with Gasteiger partial charge in [0.05, 0.1) is 6.54 Å². The Morgan fingerprint density at radius 3 is 2.67 bits per heavy atom. The lowest BCUT2D eigenvalue weighted by Gasteiger charge is -2.34. The number of benzene rings is 1. The molecular weight excluding hydrogens is 313 g/mol. The van der Waals surface area contributed by atoms with Crippen LogP contribution in [0, 0.1) is 5.82 Å². The molecule has 1 N–H and O–H groups in total. The van der Waals surface area contributed by atoms with Crippen molar-refractivity contribution in [2.45, 2.75) is 32.0 Å². The standard InChI is InChI=1S/C18H20FNO4/c19-16-4-2-1-3-13(16)10-20(14-5-7-23-8-6-14)11-15-9-17(21)18(22)12-24-15/h1-4,9,12,14,22H,5-8,10-11H2. The molecule has 0 saturated carbocycles. The first-order valence-electron chi connectivity index (χ1n) is 7.99. The van der Waals surface area contributed by atoms with Crippen LogP contribution in [0.1, 0.15) is 24.2 Å². The predicted octanol–water partition coefficient (Wildman–Crippen LogP) is 2.67. The summed E-state index contributed by atoms with van der Waals surface area (Å²) in [4.78, 5) is 13.7. The van der Waals surface area contributed by atoms with Crippen molar-refractivity contribution in [1.29, 1.82) is 0 Å². The van der Waals surface area contributed by atoms with E-state index < -0.39 is 11.2 Å². The van der Waals surface area contributed by atoms with Crippen LogP contribution in [0.5, 0.6) is 5.75 Å². The van der Waals surface area contributed by atoms with Gasteiger partial charge in [0.1, 0.15) is 17.8 Å². The number of rotatable bonds is 5.